The second-order valence-electron chi connectivity index (χ2n) is 12.4. The first-order chi connectivity index (χ1) is 20.5. The molecule has 43 heavy (non-hydrogen) atoms. The van der Waals surface area contributed by atoms with E-state index in [4.69, 9.17) is 0 Å². The summed E-state index contributed by atoms with van der Waals surface area (Å²) in [6.07, 6.45) is 5.09. The van der Waals surface area contributed by atoms with E-state index in [-0.39, 0.29) is 23.7 Å². The van der Waals surface area contributed by atoms with Gasteiger partial charge in [0.25, 0.3) is 5.91 Å². The van der Waals surface area contributed by atoms with E-state index in [9.17, 15) is 23.5 Å². The number of benzene rings is 2. The maximum atomic E-state index is 14.9. The molecule has 7 rings (SSSR count). The number of carbonyl (C=O) groups is 2. The van der Waals surface area contributed by atoms with Gasteiger partial charge in [0, 0.05) is 24.3 Å². The van der Waals surface area contributed by atoms with Crippen LogP contribution in [-0.2, 0) is 35.2 Å². The molecule has 1 aliphatic carbocycles. The molecule has 3 N–H and O–H groups in total. The number of hydrogen-bond acceptors (Lipinski definition) is 5. The van der Waals surface area contributed by atoms with E-state index in [1.54, 1.807) is 38.4 Å². The Balaban J connectivity index is 1.17. The second kappa shape index (κ2) is 9.80. The smallest absolute Gasteiger partial charge is 0.270 e. The molecule has 220 valence electrons. The molecule has 0 saturated carbocycles. The highest BCUT2D eigenvalue weighted by molar-refractivity contribution is 6.07. The molecule has 0 radical (unpaired) electrons. The molecule has 3 aliphatic rings. The van der Waals surface area contributed by atoms with Crippen LogP contribution in [0.4, 0.5) is 14.5 Å². The lowest BCUT2D eigenvalue weighted by Crippen LogP contribution is -2.35. The number of anilines is 1. The van der Waals surface area contributed by atoms with Gasteiger partial charge in [-0.3, -0.25) is 14.6 Å². The minimum atomic E-state index is -1.25. The van der Waals surface area contributed by atoms with Gasteiger partial charge in [-0.2, -0.15) is 0 Å². The molecule has 2 aliphatic heterocycles. The van der Waals surface area contributed by atoms with Crippen LogP contribution in [0.3, 0.4) is 0 Å². The Morgan fingerprint density at radius 3 is 2.67 bits per heavy atom. The molecular weight excluding hydrogens is 552 g/mol. The van der Waals surface area contributed by atoms with Gasteiger partial charge in [0.1, 0.15) is 17.1 Å². The monoisotopic (exact) mass is 583 g/mol. The lowest BCUT2D eigenvalue weighted by Gasteiger charge is -2.23. The maximum Gasteiger partial charge on any atom is 0.270 e. The third-order valence-electron chi connectivity index (χ3n) is 9.18. The largest absolute Gasteiger partial charge is 0.384 e. The van der Waals surface area contributed by atoms with Gasteiger partial charge in [-0.15, -0.1) is 0 Å². The van der Waals surface area contributed by atoms with Gasteiger partial charge < -0.3 is 20.3 Å². The van der Waals surface area contributed by atoms with Crippen molar-refractivity contribution in [3.05, 3.63) is 112 Å². The average Bonchev–Trinajstić information content (AvgIpc) is 3.62. The Morgan fingerprint density at radius 2 is 1.86 bits per heavy atom. The standard InChI is InChI=1S/C33H31F2N5O3/c1-32(2,43)27-16-37-29-25(11-10-18(17-40(27)29)21-6-5-8-23(34)28(21)35)38-30(41)26-12-19-13-33(14-20(19)15-36-26)22-7-3-4-9-24(22)39-31(33)42/h3-9,12,15-16,18,25,43H,10-11,13-14,17H2,1-2H3,(H,38,41)(H,39,42)/t18-,25?,33?/m1/s1. The molecule has 0 saturated heterocycles. The number of amides is 2. The van der Waals surface area contributed by atoms with Crippen LogP contribution in [0.15, 0.2) is 60.9 Å². The van der Waals surface area contributed by atoms with Crippen molar-refractivity contribution in [1.82, 2.24) is 19.9 Å². The number of fused-ring (bicyclic) bond motifs is 4. The number of para-hydroxylation sites is 1. The predicted octanol–water partition coefficient (Wildman–Crippen LogP) is 4.82. The molecule has 10 heteroatoms. The van der Waals surface area contributed by atoms with Gasteiger partial charge in [-0.25, -0.2) is 13.8 Å². The number of pyridine rings is 1. The SMILES string of the molecule is CC(C)(O)c1cnc2n1C[C@H](c1cccc(F)c1F)CCC2NC(=O)c1cc2c(cn1)CC1(C2)C(=O)Nc2ccccc21. The highest BCUT2D eigenvalue weighted by Crippen LogP contribution is 2.47. The molecule has 3 atom stereocenters. The highest BCUT2D eigenvalue weighted by Gasteiger charge is 2.50. The number of aromatic nitrogens is 3. The minimum Gasteiger partial charge on any atom is -0.384 e. The molecule has 1 spiro atoms. The fourth-order valence-corrected chi connectivity index (χ4v) is 7.03. The van der Waals surface area contributed by atoms with Crippen molar-refractivity contribution in [3.8, 4) is 0 Å². The molecule has 2 aromatic carbocycles. The van der Waals surface area contributed by atoms with Crippen molar-refractivity contribution in [2.45, 2.75) is 69.1 Å². The lowest BCUT2D eigenvalue weighted by atomic mass is 9.79. The van der Waals surface area contributed by atoms with Crippen LogP contribution >= 0.6 is 0 Å². The minimum absolute atomic E-state index is 0.0481. The second-order valence-corrected chi connectivity index (χ2v) is 12.4. The summed E-state index contributed by atoms with van der Waals surface area (Å²) in [5, 5.41) is 16.9. The van der Waals surface area contributed by atoms with Crippen LogP contribution < -0.4 is 10.6 Å². The summed E-state index contributed by atoms with van der Waals surface area (Å²) in [6.45, 7) is 3.54. The normalized spacial score (nSPS) is 22.5. The zero-order valence-corrected chi connectivity index (χ0v) is 23.8. The lowest BCUT2D eigenvalue weighted by molar-refractivity contribution is -0.120. The highest BCUT2D eigenvalue weighted by atomic mass is 19.2. The summed E-state index contributed by atoms with van der Waals surface area (Å²) < 4.78 is 30.8. The van der Waals surface area contributed by atoms with Crippen LogP contribution in [0.2, 0.25) is 0 Å². The summed E-state index contributed by atoms with van der Waals surface area (Å²) in [5.74, 6) is -2.12. The number of carbonyl (C=O) groups excluding carboxylic acids is 2. The fraction of sp³-hybridized carbons (Fsp3) is 0.333. The predicted molar refractivity (Wildman–Crippen MR) is 154 cm³/mol. The van der Waals surface area contributed by atoms with E-state index in [1.807, 2.05) is 28.8 Å². The summed E-state index contributed by atoms with van der Waals surface area (Å²) in [5.41, 5.74) is 2.63. The molecule has 0 fully saturated rings. The fourth-order valence-electron chi connectivity index (χ4n) is 7.03. The number of nitrogens with one attached hydrogen (secondary N) is 2. The van der Waals surface area contributed by atoms with Gasteiger partial charge in [-0.05, 0) is 80.0 Å². The first kappa shape index (κ1) is 27.4. The average molecular weight is 584 g/mol. The van der Waals surface area contributed by atoms with Crippen molar-refractivity contribution >= 4 is 17.5 Å². The number of rotatable bonds is 4. The van der Waals surface area contributed by atoms with Gasteiger partial charge in [-0.1, -0.05) is 30.3 Å². The van der Waals surface area contributed by atoms with Crippen molar-refractivity contribution in [2.75, 3.05) is 5.32 Å². The van der Waals surface area contributed by atoms with Crippen LogP contribution in [0.25, 0.3) is 0 Å². The molecule has 4 aromatic rings. The Hall–Kier alpha value is -4.44. The topological polar surface area (TPSA) is 109 Å². The van der Waals surface area contributed by atoms with Gasteiger partial charge >= 0.3 is 0 Å². The molecule has 8 nitrogen and oxygen atoms in total. The Kier molecular flexibility index (Phi) is 6.25. The zero-order valence-electron chi connectivity index (χ0n) is 23.8. The van der Waals surface area contributed by atoms with E-state index in [0.717, 1.165) is 28.4 Å². The number of hydrogen-bond donors (Lipinski definition) is 3. The first-order valence-corrected chi connectivity index (χ1v) is 14.5. The first-order valence-electron chi connectivity index (χ1n) is 14.5. The third-order valence-corrected chi connectivity index (χ3v) is 9.18. The van der Waals surface area contributed by atoms with Crippen LogP contribution in [-0.4, -0.2) is 31.5 Å². The molecule has 0 bridgehead atoms. The molecule has 2 amide bonds. The Bertz CT molecular complexity index is 1800. The maximum absolute atomic E-state index is 14.9. The van der Waals surface area contributed by atoms with Gasteiger partial charge in [0.05, 0.1) is 23.3 Å². The number of aliphatic hydroxyl groups is 1. The number of nitrogens with zero attached hydrogens (tertiary/aromatic N) is 3. The molecule has 4 heterocycles. The van der Waals surface area contributed by atoms with Crippen molar-refractivity contribution in [3.63, 3.8) is 0 Å². The van der Waals surface area contributed by atoms with Crippen molar-refractivity contribution in [2.24, 2.45) is 0 Å². The molecule has 2 unspecified atom stereocenters. The van der Waals surface area contributed by atoms with Crippen LogP contribution in [0, 0.1) is 11.6 Å². The number of imidazole rings is 1. The van der Waals surface area contributed by atoms with Crippen molar-refractivity contribution in [1.29, 1.82) is 0 Å². The van der Waals surface area contributed by atoms with Gasteiger partial charge in [0.15, 0.2) is 11.6 Å². The van der Waals surface area contributed by atoms with Crippen molar-refractivity contribution < 1.29 is 23.5 Å². The van der Waals surface area contributed by atoms with E-state index >= 15 is 0 Å². The Morgan fingerprint density at radius 1 is 1.07 bits per heavy atom. The molecular formula is C33H31F2N5O3. The van der Waals surface area contributed by atoms with E-state index in [1.165, 1.54) is 6.07 Å². The van der Waals surface area contributed by atoms with E-state index < -0.39 is 40.5 Å². The summed E-state index contributed by atoms with van der Waals surface area (Å²) in [4.78, 5) is 35.8. The third kappa shape index (κ3) is 4.43. The number of halogens is 2. The summed E-state index contributed by atoms with van der Waals surface area (Å²) in [7, 11) is 0. The summed E-state index contributed by atoms with van der Waals surface area (Å²) >= 11 is 0. The Labute approximate surface area is 247 Å². The quantitative estimate of drug-likeness (QED) is 0.319. The molecule has 2 aromatic heterocycles. The van der Waals surface area contributed by atoms with E-state index in [0.29, 0.717) is 37.2 Å². The zero-order chi connectivity index (χ0) is 30.1. The van der Waals surface area contributed by atoms with E-state index in [2.05, 4.69) is 20.6 Å². The van der Waals surface area contributed by atoms with Crippen LogP contribution in [0.1, 0.15) is 82.9 Å². The van der Waals surface area contributed by atoms with Crippen LogP contribution in [0.5, 0.6) is 0 Å². The summed E-state index contributed by atoms with van der Waals surface area (Å²) in [6, 6.07) is 13.0. The van der Waals surface area contributed by atoms with Gasteiger partial charge in [0.2, 0.25) is 5.91 Å².